The molecule has 1 saturated carbocycles. The van der Waals surface area contributed by atoms with Crippen molar-refractivity contribution in [3.63, 3.8) is 0 Å². The predicted octanol–water partition coefficient (Wildman–Crippen LogP) is 3.69. The fourth-order valence-electron chi connectivity index (χ4n) is 3.50. The Kier molecular flexibility index (Phi) is 3.39. The highest BCUT2D eigenvalue weighted by Crippen LogP contribution is 2.42. The molecule has 15 heavy (non-hydrogen) atoms. The predicted molar refractivity (Wildman–Crippen MR) is 66.0 cm³/mol. The van der Waals surface area contributed by atoms with E-state index in [1.165, 1.54) is 51.6 Å². The Labute approximate surface area is 95.2 Å². The van der Waals surface area contributed by atoms with Gasteiger partial charge in [-0.3, -0.25) is 4.90 Å². The van der Waals surface area contributed by atoms with Crippen molar-refractivity contribution in [2.24, 2.45) is 11.3 Å². The second-order valence-electron chi connectivity index (χ2n) is 5.96. The maximum Gasteiger partial charge on any atom is 0.00955 e. The molecule has 0 aromatic heterocycles. The van der Waals surface area contributed by atoms with Crippen LogP contribution in [0.15, 0.2) is 0 Å². The quantitative estimate of drug-likeness (QED) is 0.685. The number of rotatable bonds is 3. The average molecular weight is 209 g/mol. The first-order chi connectivity index (χ1) is 7.19. The summed E-state index contributed by atoms with van der Waals surface area (Å²) >= 11 is 0. The van der Waals surface area contributed by atoms with E-state index in [1.807, 2.05) is 0 Å². The smallest absolute Gasteiger partial charge is 0.00955 e. The third-order valence-corrected chi connectivity index (χ3v) is 5.21. The molecule has 2 atom stereocenters. The Morgan fingerprint density at radius 2 is 1.93 bits per heavy atom. The first kappa shape index (κ1) is 11.4. The van der Waals surface area contributed by atoms with Gasteiger partial charge in [-0.1, -0.05) is 33.6 Å². The molecule has 1 aliphatic carbocycles. The van der Waals surface area contributed by atoms with E-state index in [0.717, 1.165) is 12.0 Å². The minimum absolute atomic E-state index is 0.600. The Bertz CT molecular complexity index is 209. The van der Waals surface area contributed by atoms with E-state index in [2.05, 4.69) is 25.7 Å². The van der Waals surface area contributed by atoms with Crippen molar-refractivity contribution in [1.82, 2.24) is 4.90 Å². The lowest BCUT2D eigenvalue weighted by atomic mass is 9.68. The Morgan fingerprint density at radius 1 is 1.20 bits per heavy atom. The fraction of sp³-hybridized carbons (Fsp3) is 1.00. The zero-order chi connectivity index (χ0) is 10.9. The molecule has 1 aliphatic heterocycles. The van der Waals surface area contributed by atoms with Gasteiger partial charge in [0.05, 0.1) is 0 Å². The van der Waals surface area contributed by atoms with Gasteiger partial charge < -0.3 is 0 Å². The van der Waals surface area contributed by atoms with Crippen LogP contribution in [0, 0.1) is 11.3 Å². The number of piperidine rings is 1. The zero-order valence-electron chi connectivity index (χ0n) is 10.8. The minimum atomic E-state index is 0.600. The minimum Gasteiger partial charge on any atom is -0.300 e. The first-order valence-electron chi connectivity index (χ1n) is 6.93. The third-order valence-electron chi connectivity index (χ3n) is 5.21. The molecule has 88 valence electrons. The fourth-order valence-corrected chi connectivity index (χ4v) is 3.50. The molecule has 0 amide bonds. The first-order valence-corrected chi connectivity index (χ1v) is 6.93. The van der Waals surface area contributed by atoms with Crippen molar-refractivity contribution in [2.75, 3.05) is 13.1 Å². The Balaban J connectivity index is 1.98. The monoisotopic (exact) mass is 209 g/mol. The van der Waals surface area contributed by atoms with Crippen molar-refractivity contribution in [1.29, 1.82) is 0 Å². The van der Waals surface area contributed by atoms with Crippen LogP contribution in [-0.4, -0.2) is 24.0 Å². The van der Waals surface area contributed by atoms with Crippen LogP contribution in [0.4, 0.5) is 0 Å². The summed E-state index contributed by atoms with van der Waals surface area (Å²) in [5.41, 5.74) is 0.600. The third kappa shape index (κ3) is 2.08. The van der Waals surface area contributed by atoms with Crippen LogP contribution in [0.5, 0.6) is 0 Å². The van der Waals surface area contributed by atoms with Crippen molar-refractivity contribution < 1.29 is 0 Å². The van der Waals surface area contributed by atoms with Gasteiger partial charge in [-0.05, 0) is 43.6 Å². The summed E-state index contributed by atoms with van der Waals surface area (Å²) in [6, 6.07) is 0.952. The van der Waals surface area contributed by atoms with Crippen molar-refractivity contribution >= 4 is 0 Å². The molecule has 0 N–H and O–H groups in total. The molecular weight excluding hydrogens is 182 g/mol. The summed E-state index contributed by atoms with van der Waals surface area (Å²) in [7, 11) is 0. The zero-order valence-corrected chi connectivity index (χ0v) is 10.8. The summed E-state index contributed by atoms with van der Waals surface area (Å²) in [5.74, 6) is 0.971. The summed E-state index contributed by atoms with van der Waals surface area (Å²) in [6.07, 6.45) is 8.59. The molecule has 0 radical (unpaired) electrons. The highest BCUT2D eigenvalue weighted by Gasteiger charge is 2.40. The number of hydrogen-bond donors (Lipinski definition) is 0. The number of likely N-dealkylation sites (tertiary alicyclic amines) is 1. The highest BCUT2D eigenvalue weighted by atomic mass is 15.2. The van der Waals surface area contributed by atoms with Gasteiger partial charge >= 0.3 is 0 Å². The van der Waals surface area contributed by atoms with Crippen LogP contribution in [0.3, 0.4) is 0 Å². The van der Waals surface area contributed by atoms with Crippen LogP contribution in [-0.2, 0) is 0 Å². The number of nitrogens with zero attached hydrogens (tertiary/aromatic N) is 1. The van der Waals surface area contributed by atoms with E-state index in [1.54, 1.807) is 0 Å². The van der Waals surface area contributed by atoms with Gasteiger partial charge in [0.2, 0.25) is 0 Å². The molecule has 1 nitrogen and oxygen atoms in total. The highest BCUT2D eigenvalue weighted by molar-refractivity contribution is 4.92. The molecule has 1 saturated heterocycles. The van der Waals surface area contributed by atoms with E-state index >= 15 is 0 Å². The maximum atomic E-state index is 2.79. The van der Waals surface area contributed by atoms with Crippen LogP contribution in [0.25, 0.3) is 0 Å². The molecular formula is C14H27N. The molecule has 2 rings (SSSR count). The lowest BCUT2D eigenvalue weighted by Crippen LogP contribution is -2.52. The molecule has 2 aliphatic rings. The summed E-state index contributed by atoms with van der Waals surface area (Å²) < 4.78 is 0. The Morgan fingerprint density at radius 3 is 2.40 bits per heavy atom. The van der Waals surface area contributed by atoms with Gasteiger partial charge in [0.15, 0.2) is 0 Å². The van der Waals surface area contributed by atoms with Crippen molar-refractivity contribution in [2.45, 2.75) is 65.3 Å². The van der Waals surface area contributed by atoms with Gasteiger partial charge in [-0.15, -0.1) is 0 Å². The standard InChI is InChI=1S/C14H27N/c1-4-12-9-10-15(13-7-6-8-13)11-14(12,3)5-2/h12-13H,4-11H2,1-3H3/t12-,14?/m1/s1. The van der Waals surface area contributed by atoms with E-state index in [0.29, 0.717) is 5.41 Å². The van der Waals surface area contributed by atoms with Crippen LogP contribution >= 0.6 is 0 Å². The molecule has 0 bridgehead atoms. The topological polar surface area (TPSA) is 3.24 Å². The number of hydrogen-bond acceptors (Lipinski definition) is 1. The molecule has 2 fully saturated rings. The van der Waals surface area contributed by atoms with Gasteiger partial charge in [0.25, 0.3) is 0 Å². The molecule has 0 aromatic carbocycles. The molecule has 0 aromatic rings. The van der Waals surface area contributed by atoms with Crippen LogP contribution in [0.1, 0.15) is 59.3 Å². The van der Waals surface area contributed by atoms with E-state index < -0.39 is 0 Å². The normalized spacial score (nSPS) is 39.0. The van der Waals surface area contributed by atoms with Gasteiger partial charge in [0.1, 0.15) is 0 Å². The Hall–Kier alpha value is -0.0400. The summed E-state index contributed by atoms with van der Waals surface area (Å²) in [4.78, 5) is 2.79. The van der Waals surface area contributed by atoms with Crippen molar-refractivity contribution in [3.8, 4) is 0 Å². The maximum absolute atomic E-state index is 2.79. The van der Waals surface area contributed by atoms with Crippen LogP contribution < -0.4 is 0 Å². The van der Waals surface area contributed by atoms with Gasteiger partial charge in [0, 0.05) is 12.6 Å². The molecule has 1 heterocycles. The lowest BCUT2D eigenvalue weighted by molar-refractivity contribution is -0.00857. The molecule has 0 spiro atoms. The van der Waals surface area contributed by atoms with E-state index in [-0.39, 0.29) is 0 Å². The van der Waals surface area contributed by atoms with Crippen LogP contribution in [0.2, 0.25) is 0 Å². The largest absolute Gasteiger partial charge is 0.300 e. The van der Waals surface area contributed by atoms with Crippen molar-refractivity contribution in [3.05, 3.63) is 0 Å². The average Bonchev–Trinajstić information content (AvgIpc) is 2.15. The van der Waals surface area contributed by atoms with Gasteiger partial charge in [-0.25, -0.2) is 0 Å². The lowest BCUT2D eigenvalue weighted by Gasteiger charge is -2.50. The summed E-state index contributed by atoms with van der Waals surface area (Å²) in [6.45, 7) is 10.0. The molecule has 1 unspecified atom stereocenters. The SMILES string of the molecule is CC[C@@H]1CCN(C2CCC2)CC1(C)CC. The van der Waals surface area contributed by atoms with E-state index in [9.17, 15) is 0 Å². The second kappa shape index (κ2) is 4.45. The summed E-state index contributed by atoms with van der Waals surface area (Å²) in [5, 5.41) is 0. The van der Waals surface area contributed by atoms with E-state index in [4.69, 9.17) is 0 Å². The second-order valence-corrected chi connectivity index (χ2v) is 5.96. The molecule has 1 heteroatoms. The van der Waals surface area contributed by atoms with Gasteiger partial charge in [-0.2, -0.15) is 0 Å².